The van der Waals surface area contributed by atoms with Gasteiger partial charge >= 0.3 is 0 Å². The summed E-state index contributed by atoms with van der Waals surface area (Å²) < 4.78 is 5.50. The van der Waals surface area contributed by atoms with E-state index in [1.807, 2.05) is 20.8 Å². The van der Waals surface area contributed by atoms with Crippen molar-refractivity contribution < 1.29 is 9.53 Å². The first-order valence-corrected chi connectivity index (χ1v) is 5.70. The van der Waals surface area contributed by atoms with E-state index in [0.29, 0.717) is 0 Å². The van der Waals surface area contributed by atoms with Gasteiger partial charge in [-0.25, -0.2) is 0 Å². The molecule has 16 heavy (non-hydrogen) atoms. The third-order valence-corrected chi connectivity index (χ3v) is 2.91. The monoisotopic (exact) mass is 250 g/mol. The lowest BCUT2D eigenvalue weighted by Crippen LogP contribution is -2.50. The number of rotatable bonds is 4. The molecular weight excluding hydrogens is 228 g/mol. The fraction of sp³-hybridized carbons (Fsp3) is 0.909. The van der Waals surface area contributed by atoms with E-state index in [0.717, 1.165) is 19.4 Å². The van der Waals surface area contributed by atoms with Gasteiger partial charge in [-0.05, 0) is 25.7 Å². The van der Waals surface area contributed by atoms with E-state index in [4.69, 9.17) is 10.5 Å². The predicted molar refractivity (Wildman–Crippen MR) is 66.6 cm³/mol. The summed E-state index contributed by atoms with van der Waals surface area (Å²) in [6.45, 7) is 6.67. The van der Waals surface area contributed by atoms with Crippen LogP contribution in [0.3, 0.4) is 0 Å². The Morgan fingerprint density at radius 3 is 2.50 bits per heavy atom. The third kappa shape index (κ3) is 4.28. The first kappa shape index (κ1) is 15.7. The molecule has 0 radical (unpaired) electrons. The molecule has 1 saturated heterocycles. The Kier molecular flexibility index (Phi) is 6.95. The molecule has 0 spiro atoms. The summed E-state index contributed by atoms with van der Waals surface area (Å²) in [7, 11) is 0. The number of amides is 1. The van der Waals surface area contributed by atoms with Gasteiger partial charge in [0.1, 0.15) is 0 Å². The lowest BCUT2D eigenvalue weighted by molar-refractivity contribution is -0.124. The van der Waals surface area contributed by atoms with E-state index in [1.54, 1.807) is 0 Å². The van der Waals surface area contributed by atoms with Crippen molar-refractivity contribution in [3.8, 4) is 0 Å². The van der Waals surface area contributed by atoms with Crippen LogP contribution >= 0.6 is 12.4 Å². The maximum Gasteiger partial charge on any atom is 0.237 e. The molecule has 0 aliphatic carbocycles. The molecular formula is C11H23ClN2O2. The van der Waals surface area contributed by atoms with E-state index in [-0.39, 0.29) is 36.4 Å². The van der Waals surface area contributed by atoms with Crippen LogP contribution in [0.5, 0.6) is 0 Å². The first-order chi connectivity index (χ1) is 7.02. The normalized spacial score (nSPS) is 23.7. The third-order valence-electron chi connectivity index (χ3n) is 2.91. The number of hydrogen-bond acceptors (Lipinski definition) is 3. The molecule has 1 amide bonds. The van der Waals surface area contributed by atoms with Gasteiger partial charge in [0.2, 0.25) is 5.91 Å². The van der Waals surface area contributed by atoms with Crippen LogP contribution in [0.2, 0.25) is 0 Å². The Morgan fingerprint density at radius 1 is 1.44 bits per heavy atom. The van der Waals surface area contributed by atoms with Crippen LogP contribution in [0.1, 0.15) is 33.6 Å². The average Bonchev–Trinajstić information content (AvgIpc) is 2.68. The summed E-state index contributed by atoms with van der Waals surface area (Å²) in [5.41, 5.74) is 5.75. The van der Waals surface area contributed by atoms with Crippen LogP contribution in [0, 0.1) is 5.92 Å². The van der Waals surface area contributed by atoms with Crippen molar-refractivity contribution in [3.63, 3.8) is 0 Å². The molecule has 3 N–H and O–H groups in total. The minimum atomic E-state index is -0.422. The highest BCUT2D eigenvalue weighted by molar-refractivity contribution is 5.85. The van der Waals surface area contributed by atoms with E-state index in [2.05, 4.69) is 5.32 Å². The highest BCUT2D eigenvalue weighted by Gasteiger charge is 2.26. The van der Waals surface area contributed by atoms with E-state index < -0.39 is 6.04 Å². The number of nitrogens with one attached hydrogen (secondary N) is 1. The topological polar surface area (TPSA) is 64.4 Å². The van der Waals surface area contributed by atoms with Gasteiger partial charge in [-0.3, -0.25) is 4.79 Å². The molecule has 1 fully saturated rings. The second kappa shape index (κ2) is 7.09. The number of carbonyl (C=O) groups is 1. The minimum Gasteiger partial charge on any atom is -0.376 e. The van der Waals surface area contributed by atoms with Crippen molar-refractivity contribution >= 4 is 18.3 Å². The fourth-order valence-electron chi connectivity index (χ4n) is 1.71. The largest absolute Gasteiger partial charge is 0.376 e. The van der Waals surface area contributed by atoms with Crippen LogP contribution in [-0.4, -0.2) is 30.7 Å². The van der Waals surface area contributed by atoms with Gasteiger partial charge < -0.3 is 15.8 Å². The van der Waals surface area contributed by atoms with Crippen molar-refractivity contribution in [3.05, 3.63) is 0 Å². The number of halogens is 1. The first-order valence-electron chi connectivity index (χ1n) is 5.70. The molecule has 2 unspecified atom stereocenters. The Morgan fingerprint density at radius 2 is 2.06 bits per heavy atom. The number of hydrogen-bond donors (Lipinski definition) is 2. The van der Waals surface area contributed by atoms with Gasteiger partial charge in [-0.15, -0.1) is 12.4 Å². The summed E-state index contributed by atoms with van der Waals surface area (Å²) in [6, 6.07) is -0.362. The quantitative estimate of drug-likeness (QED) is 0.785. The Hall–Kier alpha value is -0.320. The van der Waals surface area contributed by atoms with Gasteiger partial charge in [0.05, 0.1) is 18.2 Å². The summed E-state index contributed by atoms with van der Waals surface area (Å²) in [5, 5.41) is 2.91. The average molecular weight is 251 g/mol. The van der Waals surface area contributed by atoms with Gasteiger partial charge in [0, 0.05) is 6.61 Å². The highest BCUT2D eigenvalue weighted by Crippen LogP contribution is 2.15. The summed E-state index contributed by atoms with van der Waals surface area (Å²) in [6.07, 6.45) is 2.27. The maximum absolute atomic E-state index is 11.7. The highest BCUT2D eigenvalue weighted by atomic mass is 35.5. The van der Waals surface area contributed by atoms with Crippen LogP contribution in [0.15, 0.2) is 0 Å². The van der Waals surface area contributed by atoms with Gasteiger partial charge in [0.25, 0.3) is 0 Å². The maximum atomic E-state index is 11.7. The lowest BCUT2D eigenvalue weighted by atomic mass is 10.0. The SMILES string of the molecule is CC(NC(=O)[C@H](N)C(C)C)C1CCCO1.Cl. The summed E-state index contributed by atoms with van der Waals surface area (Å²) in [4.78, 5) is 11.7. The van der Waals surface area contributed by atoms with Crippen LogP contribution in [0.4, 0.5) is 0 Å². The molecule has 4 nitrogen and oxygen atoms in total. The van der Waals surface area contributed by atoms with Gasteiger partial charge in [0.15, 0.2) is 0 Å². The number of carbonyl (C=O) groups excluding carboxylic acids is 1. The molecule has 1 aliphatic rings. The summed E-state index contributed by atoms with van der Waals surface area (Å²) in [5.74, 6) is 0.0923. The zero-order chi connectivity index (χ0) is 11.4. The Bertz CT molecular complexity index is 218. The molecule has 5 heteroatoms. The molecule has 0 bridgehead atoms. The standard InChI is InChI=1S/C11H22N2O2.ClH/c1-7(2)10(12)11(14)13-8(3)9-5-4-6-15-9;/h7-10H,4-6,12H2,1-3H3,(H,13,14);1H/t8?,9?,10-;/m1./s1. The van der Waals surface area contributed by atoms with E-state index in [9.17, 15) is 4.79 Å². The van der Waals surface area contributed by atoms with Crippen LogP contribution < -0.4 is 11.1 Å². The number of nitrogens with two attached hydrogens (primary N) is 1. The molecule has 1 rings (SSSR count). The van der Waals surface area contributed by atoms with Gasteiger partial charge in [-0.1, -0.05) is 13.8 Å². The second-order valence-corrected chi connectivity index (χ2v) is 4.62. The van der Waals surface area contributed by atoms with Crippen molar-refractivity contribution in [1.82, 2.24) is 5.32 Å². The molecule has 96 valence electrons. The second-order valence-electron chi connectivity index (χ2n) is 4.62. The zero-order valence-electron chi connectivity index (χ0n) is 10.2. The Labute approximate surface area is 104 Å². The molecule has 0 aromatic heterocycles. The van der Waals surface area contributed by atoms with Crippen molar-refractivity contribution in [2.24, 2.45) is 11.7 Å². The van der Waals surface area contributed by atoms with Crippen molar-refractivity contribution in [2.75, 3.05) is 6.61 Å². The predicted octanol–water partition coefficient (Wildman–Crippen LogP) is 1.08. The smallest absolute Gasteiger partial charge is 0.237 e. The molecule has 0 aromatic rings. The van der Waals surface area contributed by atoms with Crippen molar-refractivity contribution in [1.29, 1.82) is 0 Å². The van der Waals surface area contributed by atoms with Gasteiger partial charge in [-0.2, -0.15) is 0 Å². The molecule has 0 saturated carbocycles. The van der Waals surface area contributed by atoms with Crippen molar-refractivity contribution in [2.45, 2.75) is 51.8 Å². The summed E-state index contributed by atoms with van der Waals surface area (Å²) >= 11 is 0. The molecule has 0 aromatic carbocycles. The van der Waals surface area contributed by atoms with Crippen LogP contribution in [0.25, 0.3) is 0 Å². The van der Waals surface area contributed by atoms with E-state index in [1.165, 1.54) is 0 Å². The molecule has 3 atom stereocenters. The number of ether oxygens (including phenoxy) is 1. The minimum absolute atomic E-state index is 0. The molecule has 1 heterocycles. The Balaban J connectivity index is 0.00000225. The zero-order valence-corrected chi connectivity index (χ0v) is 11.0. The molecule has 1 aliphatic heterocycles. The fourth-order valence-corrected chi connectivity index (χ4v) is 1.71. The van der Waals surface area contributed by atoms with E-state index >= 15 is 0 Å². The lowest BCUT2D eigenvalue weighted by Gasteiger charge is -2.23. The van der Waals surface area contributed by atoms with Crippen LogP contribution in [-0.2, 0) is 9.53 Å².